The molecule has 0 spiro atoms. The van der Waals surface area contributed by atoms with Gasteiger partial charge in [-0.05, 0) is 28.9 Å². The summed E-state index contributed by atoms with van der Waals surface area (Å²) in [6.07, 6.45) is 0.0409. The van der Waals surface area contributed by atoms with E-state index in [-0.39, 0.29) is 24.1 Å². The lowest BCUT2D eigenvalue weighted by atomic mass is 10.1. The number of hydrogen-bond donors (Lipinski definition) is 2. The highest BCUT2D eigenvalue weighted by molar-refractivity contribution is 9.10. The second-order valence-corrected chi connectivity index (χ2v) is 5.68. The summed E-state index contributed by atoms with van der Waals surface area (Å²) in [6.45, 7) is 3.64. The van der Waals surface area contributed by atoms with Crippen molar-refractivity contribution in [2.24, 2.45) is 0 Å². The first kappa shape index (κ1) is 15.9. The van der Waals surface area contributed by atoms with Crippen LogP contribution in [0.15, 0.2) is 16.6 Å². The molecular weight excluding hydrogens is 342 g/mol. The van der Waals surface area contributed by atoms with Gasteiger partial charge in [0.1, 0.15) is 0 Å². The topological polar surface area (TPSA) is 93.5 Å². The Morgan fingerprint density at radius 3 is 3.00 bits per heavy atom. The minimum absolute atomic E-state index is 0.0240. The third-order valence-corrected chi connectivity index (χ3v) is 3.83. The van der Waals surface area contributed by atoms with Crippen LogP contribution < -0.4 is 10.6 Å². The quantitative estimate of drug-likeness (QED) is 0.634. The number of benzene rings is 1. The van der Waals surface area contributed by atoms with E-state index in [2.05, 4.69) is 26.6 Å². The molecular formula is C13H16BrN3O4. The smallest absolute Gasteiger partial charge is 0.274 e. The molecule has 21 heavy (non-hydrogen) atoms. The molecule has 1 aliphatic heterocycles. The van der Waals surface area contributed by atoms with E-state index < -0.39 is 4.92 Å². The Hall–Kier alpha value is -1.51. The normalized spacial score (nSPS) is 18.3. The van der Waals surface area contributed by atoms with Gasteiger partial charge >= 0.3 is 0 Å². The van der Waals surface area contributed by atoms with Crippen LogP contribution in [0.3, 0.4) is 0 Å². The molecule has 0 aromatic heterocycles. The van der Waals surface area contributed by atoms with Crippen molar-refractivity contribution < 1.29 is 14.5 Å². The van der Waals surface area contributed by atoms with Crippen LogP contribution in [0.25, 0.3) is 0 Å². The maximum absolute atomic E-state index is 12.0. The number of hydrogen-bond acceptors (Lipinski definition) is 5. The molecule has 1 aromatic rings. The van der Waals surface area contributed by atoms with Gasteiger partial charge in [0, 0.05) is 29.2 Å². The number of nitrogens with zero attached hydrogens (tertiary/aromatic N) is 1. The predicted molar refractivity (Wildman–Crippen MR) is 81.4 cm³/mol. The number of carbonyl (C=O) groups is 1. The van der Waals surface area contributed by atoms with E-state index in [0.29, 0.717) is 28.9 Å². The van der Waals surface area contributed by atoms with Crippen molar-refractivity contribution in [2.75, 3.05) is 25.0 Å². The molecule has 1 fully saturated rings. The summed E-state index contributed by atoms with van der Waals surface area (Å²) < 4.78 is 6.07. The van der Waals surface area contributed by atoms with Crippen LogP contribution in [-0.2, 0) is 9.53 Å². The highest BCUT2D eigenvalue weighted by atomic mass is 79.9. The van der Waals surface area contributed by atoms with Gasteiger partial charge in [-0.25, -0.2) is 0 Å². The third kappa shape index (κ3) is 4.23. The lowest BCUT2D eigenvalue weighted by molar-refractivity contribution is -0.385. The number of nitro groups is 1. The maximum Gasteiger partial charge on any atom is 0.274 e. The molecule has 0 bridgehead atoms. The molecule has 1 heterocycles. The minimum atomic E-state index is -0.467. The SMILES string of the molecule is Cc1cc(Br)c(NC(=O)CC2CNCCO2)cc1[N+](=O)[O-]. The predicted octanol–water partition coefficient (Wildman–Crippen LogP) is 1.98. The monoisotopic (exact) mass is 357 g/mol. The van der Waals surface area contributed by atoms with Crippen LogP contribution in [0.1, 0.15) is 12.0 Å². The lowest BCUT2D eigenvalue weighted by Crippen LogP contribution is -2.40. The number of anilines is 1. The number of halogens is 1. The standard InChI is InChI=1S/C13H16BrN3O4/c1-8-4-10(14)11(6-12(8)17(19)20)16-13(18)5-9-7-15-2-3-21-9/h4,6,9,15H,2-3,5,7H2,1H3,(H,16,18). The summed E-state index contributed by atoms with van der Waals surface area (Å²) in [6, 6.07) is 2.98. The Morgan fingerprint density at radius 1 is 1.62 bits per heavy atom. The van der Waals surface area contributed by atoms with Crippen molar-refractivity contribution in [1.29, 1.82) is 0 Å². The zero-order valence-corrected chi connectivity index (χ0v) is 13.1. The van der Waals surface area contributed by atoms with Gasteiger partial charge < -0.3 is 15.4 Å². The lowest BCUT2D eigenvalue weighted by Gasteiger charge is -2.23. The van der Waals surface area contributed by atoms with E-state index in [1.807, 2.05) is 0 Å². The van der Waals surface area contributed by atoms with E-state index in [1.165, 1.54) is 6.07 Å². The van der Waals surface area contributed by atoms with Crippen molar-refractivity contribution >= 4 is 33.2 Å². The second-order valence-electron chi connectivity index (χ2n) is 4.82. The van der Waals surface area contributed by atoms with E-state index >= 15 is 0 Å². The van der Waals surface area contributed by atoms with Gasteiger partial charge in [-0.2, -0.15) is 0 Å². The zero-order valence-electron chi connectivity index (χ0n) is 11.5. The van der Waals surface area contributed by atoms with Crippen LogP contribution in [0.2, 0.25) is 0 Å². The van der Waals surface area contributed by atoms with Gasteiger partial charge in [-0.1, -0.05) is 0 Å². The van der Waals surface area contributed by atoms with E-state index in [9.17, 15) is 14.9 Å². The molecule has 1 amide bonds. The number of morpholine rings is 1. The number of nitrogens with one attached hydrogen (secondary N) is 2. The molecule has 1 aromatic carbocycles. The Labute approximate surface area is 130 Å². The molecule has 0 aliphatic carbocycles. The summed E-state index contributed by atoms with van der Waals surface area (Å²) in [4.78, 5) is 22.5. The van der Waals surface area contributed by atoms with Crippen molar-refractivity contribution in [2.45, 2.75) is 19.4 Å². The zero-order chi connectivity index (χ0) is 15.4. The summed E-state index contributed by atoms with van der Waals surface area (Å²) in [5.41, 5.74) is 0.898. The summed E-state index contributed by atoms with van der Waals surface area (Å²) in [5.74, 6) is -0.234. The van der Waals surface area contributed by atoms with Gasteiger partial charge in [-0.15, -0.1) is 0 Å². The molecule has 0 saturated carbocycles. The largest absolute Gasteiger partial charge is 0.375 e. The van der Waals surface area contributed by atoms with Gasteiger partial charge in [0.05, 0.1) is 29.7 Å². The molecule has 1 aliphatic rings. The first-order valence-electron chi connectivity index (χ1n) is 6.54. The summed E-state index contributed by atoms with van der Waals surface area (Å²) in [7, 11) is 0. The molecule has 114 valence electrons. The minimum Gasteiger partial charge on any atom is -0.375 e. The molecule has 0 radical (unpaired) electrons. The number of ether oxygens (including phenoxy) is 1. The van der Waals surface area contributed by atoms with Crippen LogP contribution in [-0.4, -0.2) is 36.6 Å². The number of rotatable bonds is 4. The Kier molecular flexibility index (Phi) is 5.27. The fourth-order valence-corrected chi connectivity index (χ4v) is 2.67. The third-order valence-electron chi connectivity index (χ3n) is 3.17. The highest BCUT2D eigenvalue weighted by Gasteiger charge is 2.20. The molecule has 7 nitrogen and oxygen atoms in total. The molecule has 2 rings (SSSR count). The first-order valence-corrected chi connectivity index (χ1v) is 7.33. The second kappa shape index (κ2) is 6.97. The van der Waals surface area contributed by atoms with Gasteiger partial charge in [0.25, 0.3) is 5.69 Å². The van der Waals surface area contributed by atoms with E-state index in [4.69, 9.17) is 4.74 Å². The van der Waals surface area contributed by atoms with Crippen LogP contribution >= 0.6 is 15.9 Å². The van der Waals surface area contributed by atoms with E-state index in [0.717, 1.165) is 6.54 Å². The number of carbonyl (C=O) groups excluding carboxylic acids is 1. The van der Waals surface area contributed by atoms with Crippen LogP contribution in [0.4, 0.5) is 11.4 Å². The van der Waals surface area contributed by atoms with Crippen molar-refractivity contribution in [3.8, 4) is 0 Å². The van der Waals surface area contributed by atoms with Gasteiger partial charge in [-0.3, -0.25) is 14.9 Å². The number of aryl methyl sites for hydroxylation is 1. The first-order chi connectivity index (χ1) is 9.97. The summed E-state index contributed by atoms with van der Waals surface area (Å²) >= 11 is 3.30. The van der Waals surface area contributed by atoms with Crippen molar-refractivity contribution in [3.63, 3.8) is 0 Å². The van der Waals surface area contributed by atoms with Gasteiger partial charge in [0.2, 0.25) is 5.91 Å². The Morgan fingerprint density at radius 2 is 2.38 bits per heavy atom. The molecule has 1 atom stereocenters. The average Bonchev–Trinajstić information content (AvgIpc) is 2.42. The molecule has 2 N–H and O–H groups in total. The molecule has 1 saturated heterocycles. The molecule has 1 unspecified atom stereocenters. The fraction of sp³-hybridized carbons (Fsp3) is 0.462. The van der Waals surface area contributed by atoms with Crippen molar-refractivity contribution in [3.05, 3.63) is 32.3 Å². The number of nitro benzene ring substituents is 1. The Balaban J connectivity index is 2.06. The maximum atomic E-state index is 12.0. The van der Waals surface area contributed by atoms with E-state index in [1.54, 1.807) is 13.0 Å². The van der Waals surface area contributed by atoms with Crippen molar-refractivity contribution in [1.82, 2.24) is 5.32 Å². The van der Waals surface area contributed by atoms with Crippen LogP contribution in [0, 0.1) is 17.0 Å². The number of amides is 1. The Bertz CT molecular complexity index is 559. The fourth-order valence-electron chi connectivity index (χ4n) is 2.11. The van der Waals surface area contributed by atoms with Gasteiger partial charge in [0.15, 0.2) is 0 Å². The average molecular weight is 358 g/mol. The summed E-state index contributed by atoms with van der Waals surface area (Å²) in [5, 5.41) is 16.8. The molecule has 8 heteroatoms. The van der Waals surface area contributed by atoms with Crippen LogP contribution in [0.5, 0.6) is 0 Å². The highest BCUT2D eigenvalue weighted by Crippen LogP contribution is 2.30.